The van der Waals surface area contributed by atoms with Gasteiger partial charge in [0.2, 0.25) is 0 Å². The number of halogens is 1. The van der Waals surface area contributed by atoms with Crippen LogP contribution < -0.4 is 14.8 Å². The summed E-state index contributed by atoms with van der Waals surface area (Å²) in [6, 6.07) is 3.33. The van der Waals surface area contributed by atoms with Crippen LogP contribution in [0.5, 0.6) is 11.5 Å². The average molecular weight is 329 g/mol. The van der Waals surface area contributed by atoms with Crippen LogP contribution in [-0.4, -0.2) is 32.3 Å². The highest BCUT2D eigenvalue weighted by Crippen LogP contribution is 2.37. The fraction of sp³-hybridized carbons (Fsp3) is 0.231. The molecule has 0 saturated carbocycles. The fourth-order valence-electron chi connectivity index (χ4n) is 1.60. The van der Waals surface area contributed by atoms with Crippen molar-refractivity contribution in [3.05, 3.63) is 28.2 Å². The van der Waals surface area contributed by atoms with Gasteiger partial charge in [-0.05, 0) is 6.07 Å². The molecule has 1 aromatic carbocycles. The van der Waals surface area contributed by atoms with Crippen LogP contribution in [0.2, 0.25) is 5.02 Å². The van der Waals surface area contributed by atoms with E-state index in [1.54, 1.807) is 17.5 Å². The fourth-order valence-corrected chi connectivity index (χ4v) is 2.54. The Kier molecular flexibility index (Phi) is 4.87. The molecule has 1 N–H and O–H groups in total. The van der Waals surface area contributed by atoms with E-state index in [0.717, 1.165) is 0 Å². The minimum atomic E-state index is -0.487. The molecule has 112 valence electrons. The highest BCUT2D eigenvalue weighted by Gasteiger charge is 2.14. The number of hydrogen-bond acceptors (Lipinski definition) is 7. The van der Waals surface area contributed by atoms with Crippen LogP contribution in [0.3, 0.4) is 0 Å². The van der Waals surface area contributed by atoms with Gasteiger partial charge in [0.1, 0.15) is 11.5 Å². The molecule has 0 fully saturated rings. The summed E-state index contributed by atoms with van der Waals surface area (Å²) in [6.07, 6.45) is 0. The monoisotopic (exact) mass is 328 g/mol. The zero-order valence-electron chi connectivity index (χ0n) is 11.6. The second-order valence-electron chi connectivity index (χ2n) is 3.84. The first-order valence-corrected chi connectivity index (χ1v) is 7.07. The number of esters is 1. The van der Waals surface area contributed by atoms with Crippen LogP contribution in [0, 0.1) is 0 Å². The Bertz CT molecular complexity index is 660. The molecule has 1 heterocycles. The Morgan fingerprint density at radius 3 is 2.57 bits per heavy atom. The summed E-state index contributed by atoms with van der Waals surface area (Å²) in [6.45, 7) is 0. The van der Waals surface area contributed by atoms with Crippen molar-refractivity contribution in [1.29, 1.82) is 0 Å². The maximum Gasteiger partial charge on any atom is 0.357 e. The van der Waals surface area contributed by atoms with Gasteiger partial charge in [0.25, 0.3) is 0 Å². The van der Waals surface area contributed by atoms with Crippen LogP contribution in [-0.2, 0) is 4.74 Å². The third-order valence-corrected chi connectivity index (χ3v) is 3.67. The average Bonchev–Trinajstić information content (AvgIpc) is 2.95. The number of hydrogen-bond donors (Lipinski definition) is 1. The SMILES string of the molecule is COC(=O)c1csc(Nc2cc(Cl)c(OC)cc2OC)n1. The largest absolute Gasteiger partial charge is 0.495 e. The molecule has 0 saturated heterocycles. The molecule has 0 radical (unpaired) electrons. The van der Waals surface area contributed by atoms with E-state index in [-0.39, 0.29) is 5.69 Å². The van der Waals surface area contributed by atoms with Crippen molar-refractivity contribution in [2.45, 2.75) is 0 Å². The number of aromatic nitrogens is 1. The van der Waals surface area contributed by atoms with Gasteiger partial charge in [-0.3, -0.25) is 0 Å². The molecule has 6 nitrogen and oxygen atoms in total. The van der Waals surface area contributed by atoms with Gasteiger partial charge in [-0.25, -0.2) is 9.78 Å². The molecule has 0 unspecified atom stereocenters. The summed E-state index contributed by atoms with van der Waals surface area (Å²) in [4.78, 5) is 15.5. The van der Waals surface area contributed by atoms with Crippen LogP contribution in [0.25, 0.3) is 0 Å². The molecule has 0 atom stereocenters. The third kappa shape index (κ3) is 3.37. The van der Waals surface area contributed by atoms with E-state index in [9.17, 15) is 4.79 Å². The molecule has 1 aromatic heterocycles. The minimum absolute atomic E-state index is 0.239. The smallest absolute Gasteiger partial charge is 0.357 e. The number of carbonyl (C=O) groups is 1. The Hall–Kier alpha value is -1.99. The summed E-state index contributed by atoms with van der Waals surface area (Å²) < 4.78 is 15.0. The summed E-state index contributed by atoms with van der Waals surface area (Å²) in [5.74, 6) is 0.568. The van der Waals surface area contributed by atoms with Crippen molar-refractivity contribution in [2.24, 2.45) is 0 Å². The Morgan fingerprint density at radius 1 is 1.24 bits per heavy atom. The van der Waals surface area contributed by atoms with Gasteiger partial charge in [0, 0.05) is 11.4 Å². The van der Waals surface area contributed by atoms with Gasteiger partial charge in [-0.2, -0.15) is 0 Å². The molecule has 0 aliphatic rings. The molecule has 0 aliphatic heterocycles. The van der Waals surface area contributed by atoms with Crippen LogP contribution in [0.1, 0.15) is 10.5 Å². The number of nitrogens with zero attached hydrogens (tertiary/aromatic N) is 1. The first-order valence-electron chi connectivity index (χ1n) is 5.81. The number of thiazole rings is 1. The van der Waals surface area contributed by atoms with Gasteiger partial charge >= 0.3 is 5.97 Å². The van der Waals surface area contributed by atoms with Gasteiger partial charge in [-0.15, -0.1) is 11.3 Å². The Balaban J connectivity index is 2.28. The van der Waals surface area contributed by atoms with E-state index in [1.165, 1.54) is 32.7 Å². The van der Waals surface area contributed by atoms with Crippen molar-refractivity contribution < 1.29 is 19.0 Å². The minimum Gasteiger partial charge on any atom is -0.495 e. The predicted octanol–water partition coefficient (Wildman–Crippen LogP) is 3.34. The lowest BCUT2D eigenvalue weighted by Crippen LogP contribution is -2.02. The molecule has 0 bridgehead atoms. The van der Waals surface area contributed by atoms with Gasteiger partial charge < -0.3 is 19.5 Å². The molecule has 0 aliphatic carbocycles. The zero-order chi connectivity index (χ0) is 15.4. The number of ether oxygens (including phenoxy) is 3. The highest BCUT2D eigenvalue weighted by atomic mass is 35.5. The first kappa shape index (κ1) is 15.4. The highest BCUT2D eigenvalue weighted by molar-refractivity contribution is 7.14. The van der Waals surface area contributed by atoms with Crippen LogP contribution in [0.4, 0.5) is 10.8 Å². The normalized spacial score (nSPS) is 10.1. The number of nitrogens with one attached hydrogen (secondary N) is 1. The first-order chi connectivity index (χ1) is 10.1. The summed E-state index contributed by atoms with van der Waals surface area (Å²) in [5, 5.41) is 5.61. The second kappa shape index (κ2) is 6.64. The van der Waals surface area contributed by atoms with Gasteiger partial charge in [0.05, 0.1) is 32.0 Å². The van der Waals surface area contributed by atoms with Crippen molar-refractivity contribution in [3.8, 4) is 11.5 Å². The Morgan fingerprint density at radius 2 is 1.95 bits per heavy atom. The lowest BCUT2D eigenvalue weighted by Gasteiger charge is -2.12. The van der Waals surface area contributed by atoms with Gasteiger partial charge in [0.15, 0.2) is 10.8 Å². The third-order valence-electron chi connectivity index (χ3n) is 2.61. The van der Waals surface area contributed by atoms with Gasteiger partial charge in [-0.1, -0.05) is 11.6 Å². The van der Waals surface area contributed by atoms with E-state index in [0.29, 0.717) is 27.3 Å². The van der Waals surface area contributed by atoms with E-state index in [2.05, 4.69) is 15.0 Å². The van der Waals surface area contributed by atoms with Crippen LogP contribution >= 0.6 is 22.9 Å². The standard InChI is InChI=1S/C13H13ClN2O4S/c1-18-10-5-11(19-2)8(4-7(10)14)15-13-16-9(6-21-13)12(17)20-3/h4-6H,1-3H3,(H,15,16). The maximum atomic E-state index is 11.4. The lowest BCUT2D eigenvalue weighted by atomic mass is 10.2. The topological polar surface area (TPSA) is 69.7 Å². The zero-order valence-corrected chi connectivity index (χ0v) is 13.2. The number of rotatable bonds is 5. The summed E-state index contributed by atoms with van der Waals surface area (Å²) in [5.41, 5.74) is 0.859. The number of carbonyl (C=O) groups excluding carboxylic acids is 1. The van der Waals surface area contributed by atoms with Crippen molar-refractivity contribution in [1.82, 2.24) is 4.98 Å². The second-order valence-corrected chi connectivity index (χ2v) is 5.11. The maximum absolute atomic E-state index is 11.4. The molecule has 0 spiro atoms. The van der Waals surface area contributed by atoms with E-state index < -0.39 is 5.97 Å². The molecule has 0 amide bonds. The van der Waals surface area contributed by atoms with Crippen LogP contribution in [0.15, 0.2) is 17.5 Å². The van der Waals surface area contributed by atoms with Crippen molar-refractivity contribution in [2.75, 3.05) is 26.6 Å². The number of anilines is 2. The molecular weight excluding hydrogens is 316 g/mol. The quantitative estimate of drug-likeness (QED) is 0.849. The molecule has 21 heavy (non-hydrogen) atoms. The summed E-state index contributed by atoms with van der Waals surface area (Å²) in [7, 11) is 4.37. The van der Waals surface area contributed by atoms with Crippen molar-refractivity contribution >= 4 is 39.7 Å². The number of benzene rings is 1. The van der Waals surface area contributed by atoms with E-state index in [1.807, 2.05) is 0 Å². The van der Waals surface area contributed by atoms with E-state index >= 15 is 0 Å². The Labute approximate surface area is 130 Å². The lowest BCUT2D eigenvalue weighted by molar-refractivity contribution is 0.0595. The molecule has 8 heteroatoms. The predicted molar refractivity (Wildman–Crippen MR) is 81.3 cm³/mol. The molecule has 2 rings (SSSR count). The summed E-state index contributed by atoms with van der Waals surface area (Å²) >= 11 is 7.36. The van der Waals surface area contributed by atoms with E-state index in [4.69, 9.17) is 21.1 Å². The molecule has 2 aromatic rings. The number of methoxy groups -OCH3 is 3. The van der Waals surface area contributed by atoms with Crippen molar-refractivity contribution in [3.63, 3.8) is 0 Å². The molecular formula is C13H13ClN2O4S.